The van der Waals surface area contributed by atoms with E-state index in [9.17, 15) is 0 Å². The molecule has 10 atom stereocenters. The minimum Gasteiger partial charge on any atom is -0.0651 e. The van der Waals surface area contributed by atoms with Crippen molar-refractivity contribution in [3.8, 4) is 0 Å². The Bertz CT molecular complexity index is 577. The fraction of sp³-hybridized carbons (Fsp3) is 1.00. The Labute approximate surface area is 189 Å². The first-order chi connectivity index (χ1) is 14.2. The Kier molecular flexibility index (Phi) is 6.75. The molecule has 4 aliphatic carbocycles. The van der Waals surface area contributed by atoms with Crippen molar-refractivity contribution in [2.45, 2.75) is 126 Å². The zero-order valence-electron chi connectivity index (χ0n) is 21.7. The summed E-state index contributed by atoms with van der Waals surface area (Å²) in [5.41, 5.74) is 1.33. The van der Waals surface area contributed by atoms with E-state index in [0.717, 1.165) is 53.3 Å². The summed E-state index contributed by atoms with van der Waals surface area (Å²) in [5.74, 6) is 8.93. The van der Waals surface area contributed by atoms with Gasteiger partial charge in [0.1, 0.15) is 0 Å². The summed E-state index contributed by atoms with van der Waals surface area (Å²) in [4.78, 5) is 0. The highest BCUT2D eigenvalue weighted by Crippen LogP contribution is 2.68. The number of fused-ring (bicyclic) bond motifs is 5. The zero-order valence-corrected chi connectivity index (χ0v) is 21.7. The van der Waals surface area contributed by atoms with Crippen LogP contribution in [0.25, 0.3) is 0 Å². The van der Waals surface area contributed by atoms with Crippen molar-refractivity contribution in [2.75, 3.05) is 0 Å². The number of hydrogen-bond acceptors (Lipinski definition) is 0. The molecule has 4 aliphatic rings. The molecule has 0 radical (unpaired) electrons. The van der Waals surface area contributed by atoms with Gasteiger partial charge in [0.2, 0.25) is 0 Å². The van der Waals surface area contributed by atoms with Crippen LogP contribution in [0.4, 0.5) is 0 Å². The van der Waals surface area contributed by atoms with Crippen LogP contribution >= 0.6 is 0 Å². The van der Waals surface area contributed by atoms with E-state index < -0.39 is 0 Å². The molecule has 4 saturated carbocycles. The van der Waals surface area contributed by atoms with Crippen LogP contribution in [0.15, 0.2) is 0 Å². The molecule has 0 aromatic carbocycles. The summed E-state index contributed by atoms with van der Waals surface area (Å²) < 4.78 is 0. The lowest BCUT2D eigenvalue weighted by molar-refractivity contribution is -0.127. The summed E-state index contributed by atoms with van der Waals surface area (Å²) in [5, 5.41) is 0. The minimum absolute atomic E-state index is 0.656. The van der Waals surface area contributed by atoms with E-state index in [0.29, 0.717) is 10.8 Å². The minimum atomic E-state index is 0.656. The van der Waals surface area contributed by atoms with E-state index in [1.165, 1.54) is 32.1 Å². The molecule has 0 aromatic heterocycles. The van der Waals surface area contributed by atoms with Crippen molar-refractivity contribution >= 4 is 0 Å². The second kappa shape index (κ2) is 8.74. The maximum Gasteiger partial charge on any atom is -0.0264 e. The van der Waals surface area contributed by atoms with Gasteiger partial charge in [0.25, 0.3) is 0 Å². The molecule has 0 N–H and O–H groups in total. The Hall–Kier alpha value is 0. The van der Waals surface area contributed by atoms with Crippen LogP contribution in [0, 0.1) is 64.1 Å². The molecule has 0 aliphatic heterocycles. The SMILES string of the molecule is CC[C@H](CC[C@@H](C)[C@@H]1CC[C@H]2[C@@H]3CC[C@H]4[C@H](C)CCC[C@]4(C)[C@H]3CC[C@@]21C)C(C)C. The fourth-order valence-electron chi connectivity index (χ4n) is 10.5. The van der Waals surface area contributed by atoms with Crippen molar-refractivity contribution in [3.05, 3.63) is 0 Å². The first-order valence-electron chi connectivity index (χ1n) is 14.2. The molecule has 0 spiro atoms. The van der Waals surface area contributed by atoms with E-state index >= 15 is 0 Å². The number of hydrogen-bond donors (Lipinski definition) is 0. The Balaban J connectivity index is 1.46. The second-order valence-electron chi connectivity index (χ2n) is 13.6. The van der Waals surface area contributed by atoms with Gasteiger partial charge in [0.15, 0.2) is 0 Å². The third kappa shape index (κ3) is 3.73. The molecular formula is C30H54. The van der Waals surface area contributed by atoms with E-state index in [1.54, 1.807) is 44.9 Å². The molecule has 0 unspecified atom stereocenters. The van der Waals surface area contributed by atoms with Crippen LogP contribution in [-0.2, 0) is 0 Å². The quantitative estimate of drug-likeness (QED) is 0.406. The van der Waals surface area contributed by atoms with Gasteiger partial charge in [-0.1, -0.05) is 74.1 Å². The largest absolute Gasteiger partial charge is 0.0651 e. The van der Waals surface area contributed by atoms with Gasteiger partial charge >= 0.3 is 0 Å². The topological polar surface area (TPSA) is 0 Å². The lowest BCUT2D eigenvalue weighted by Crippen LogP contribution is -2.54. The highest BCUT2D eigenvalue weighted by molar-refractivity contribution is 5.09. The van der Waals surface area contributed by atoms with E-state index in [-0.39, 0.29) is 0 Å². The van der Waals surface area contributed by atoms with Crippen molar-refractivity contribution in [2.24, 2.45) is 64.1 Å². The highest BCUT2D eigenvalue weighted by Gasteiger charge is 2.60. The lowest BCUT2D eigenvalue weighted by atomic mass is 9.43. The molecule has 0 saturated heterocycles. The van der Waals surface area contributed by atoms with Gasteiger partial charge in [0.05, 0.1) is 0 Å². The van der Waals surface area contributed by atoms with Crippen LogP contribution in [0.1, 0.15) is 126 Å². The van der Waals surface area contributed by atoms with Crippen LogP contribution in [0.3, 0.4) is 0 Å². The Morgan fingerprint density at radius 2 is 1.47 bits per heavy atom. The molecule has 4 rings (SSSR count). The highest BCUT2D eigenvalue weighted by atomic mass is 14.7. The number of rotatable bonds is 6. The summed E-state index contributed by atoms with van der Waals surface area (Å²) in [7, 11) is 0. The van der Waals surface area contributed by atoms with Crippen LogP contribution in [-0.4, -0.2) is 0 Å². The van der Waals surface area contributed by atoms with Gasteiger partial charge in [-0.3, -0.25) is 0 Å². The monoisotopic (exact) mass is 414 g/mol. The van der Waals surface area contributed by atoms with Gasteiger partial charge in [-0.05, 0) is 115 Å². The molecule has 174 valence electrons. The molecule has 30 heavy (non-hydrogen) atoms. The average Bonchev–Trinajstić information content (AvgIpc) is 3.05. The summed E-state index contributed by atoms with van der Waals surface area (Å²) >= 11 is 0. The Morgan fingerprint density at radius 3 is 2.17 bits per heavy atom. The van der Waals surface area contributed by atoms with Gasteiger partial charge in [-0.2, -0.15) is 0 Å². The average molecular weight is 415 g/mol. The van der Waals surface area contributed by atoms with Gasteiger partial charge in [0, 0.05) is 0 Å². The molecular weight excluding hydrogens is 360 g/mol. The van der Waals surface area contributed by atoms with Gasteiger partial charge in [-0.25, -0.2) is 0 Å². The molecule has 0 nitrogen and oxygen atoms in total. The van der Waals surface area contributed by atoms with E-state index in [4.69, 9.17) is 0 Å². The smallest absolute Gasteiger partial charge is 0.0264 e. The Morgan fingerprint density at radius 1 is 0.767 bits per heavy atom. The first-order valence-corrected chi connectivity index (χ1v) is 14.2. The van der Waals surface area contributed by atoms with E-state index in [1.807, 2.05) is 0 Å². The third-order valence-electron chi connectivity index (χ3n) is 12.2. The first kappa shape index (κ1) is 23.2. The molecule has 0 heterocycles. The molecule has 0 aromatic rings. The maximum absolute atomic E-state index is 2.76. The summed E-state index contributed by atoms with van der Waals surface area (Å²) in [6.07, 6.45) is 18.2. The predicted octanol–water partition coefficient (Wildman–Crippen LogP) is 9.38. The second-order valence-corrected chi connectivity index (χ2v) is 13.6. The third-order valence-corrected chi connectivity index (χ3v) is 12.2. The van der Waals surface area contributed by atoms with Crippen molar-refractivity contribution in [1.82, 2.24) is 0 Å². The zero-order chi connectivity index (χ0) is 21.7. The molecule has 0 heteroatoms. The normalized spacial score (nSPS) is 48.0. The summed E-state index contributed by atoms with van der Waals surface area (Å²) in [6.45, 7) is 18.0. The van der Waals surface area contributed by atoms with Gasteiger partial charge < -0.3 is 0 Å². The lowest BCUT2D eigenvalue weighted by Gasteiger charge is -2.62. The molecule has 4 fully saturated rings. The molecule has 0 bridgehead atoms. The van der Waals surface area contributed by atoms with Crippen molar-refractivity contribution in [1.29, 1.82) is 0 Å². The summed E-state index contributed by atoms with van der Waals surface area (Å²) in [6, 6.07) is 0. The van der Waals surface area contributed by atoms with Crippen LogP contribution in [0.5, 0.6) is 0 Å². The fourth-order valence-corrected chi connectivity index (χ4v) is 10.5. The van der Waals surface area contributed by atoms with Gasteiger partial charge in [-0.15, -0.1) is 0 Å². The van der Waals surface area contributed by atoms with Crippen LogP contribution < -0.4 is 0 Å². The standard InChI is InChI=1S/C30H54/c1-8-23(20(2)3)12-11-22(5)26-15-16-27-24-13-14-25-21(4)10-9-18-29(25,6)28(24)17-19-30(26,27)7/h20-28H,8-19H2,1-7H3/t21-,22-,23-,24+,25+,26+,27+,28+,29+,30-/m1/s1. The predicted molar refractivity (Wildman–Crippen MR) is 131 cm³/mol. The van der Waals surface area contributed by atoms with Crippen molar-refractivity contribution < 1.29 is 0 Å². The maximum atomic E-state index is 2.76. The van der Waals surface area contributed by atoms with Crippen molar-refractivity contribution in [3.63, 3.8) is 0 Å². The van der Waals surface area contributed by atoms with E-state index in [2.05, 4.69) is 48.5 Å². The van der Waals surface area contributed by atoms with Crippen LogP contribution in [0.2, 0.25) is 0 Å². The molecule has 0 amide bonds.